The number of benzene rings is 1. The Labute approximate surface area is 150 Å². The summed E-state index contributed by atoms with van der Waals surface area (Å²) in [6.07, 6.45) is 1.63. The highest BCUT2D eigenvalue weighted by atomic mass is 79.9. The van der Waals surface area contributed by atoms with Crippen LogP contribution < -0.4 is 5.32 Å². The van der Waals surface area contributed by atoms with Crippen molar-refractivity contribution in [2.24, 2.45) is 5.92 Å². The summed E-state index contributed by atoms with van der Waals surface area (Å²) in [5, 5.41) is 14.0. The molecule has 0 bridgehead atoms. The van der Waals surface area contributed by atoms with Gasteiger partial charge >= 0.3 is 0 Å². The second kappa shape index (κ2) is 7.61. The quantitative estimate of drug-likeness (QED) is 0.623. The summed E-state index contributed by atoms with van der Waals surface area (Å²) in [4.78, 5) is 25.1. The number of nitro benzene ring substituents is 1. The van der Waals surface area contributed by atoms with E-state index in [1.807, 2.05) is 26.8 Å². The first kappa shape index (κ1) is 18.9. The van der Waals surface area contributed by atoms with Crippen molar-refractivity contribution >= 4 is 27.5 Å². The van der Waals surface area contributed by atoms with Gasteiger partial charge < -0.3 is 5.32 Å². The lowest BCUT2D eigenvalue weighted by molar-refractivity contribution is -0.385. The number of amides is 1. The second-order valence-corrected chi connectivity index (χ2v) is 8.28. The molecule has 1 aliphatic rings. The van der Waals surface area contributed by atoms with E-state index in [0.717, 1.165) is 31.5 Å². The molecule has 1 heterocycles. The van der Waals surface area contributed by atoms with Crippen molar-refractivity contribution in [3.05, 3.63) is 38.3 Å². The van der Waals surface area contributed by atoms with Gasteiger partial charge in [-0.25, -0.2) is 0 Å². The van der Waals surface area contributed by atoms with Crippen molar-refractivity contribution in [2.45, 2.75) is 45.7 Å². The van der Waals surface area contributed by atoms with Gasteiger partial charge in [-0.1, -0.05) is 15.9 Å². The number of hydrogen-bond acceptors (Lipinski definition) is 4. The van der Waals surface area contributed by atoms with Gasteiger partial charge in [0.2, 0.25) is 5.91 Å². The molecule has 1 fully saturated rings. The van der Waals surface area contributed by atoms with Crippen LogP contribution in [0.5, 0.6) is 0 Å². The highest BCUT2D eigenvalue weighted by Crippen LogP contribution is 2.24. The molecule has 2 rings (SSSR count). The maximum absolute atomic E-state index is 12.2. The van der Waals surface area contributed by atoms with Gasteiger partial charge in [0.25, 0.3) is 5.69 Å². The topological polar surface area (TPSA) is 75.5 Å². The minimum Gasteiger partial charge on any atom is -0.351 e. The zero-order valence-electron chi connectivity index (χ0n) is 14.3. The third kappa shape index (κ3) is 5.56. The van der Waals surface area contributed by atoms with Gasteiger partial charge in [-0.2, -0.15) is 0 Å². The third-order valence-electron chi connectivity index (χ3n) is 4.02. The standard InChI is InChI=1S/C17H24BrN3O3/c1-17(2,3)19-16(22)13-4-6-20(7-5-13)11-12-8-14(18)10-15(9-12)21(23)24/h8-10,13H,4-7,11H2,1-3H3,(H,19,22). The van der Waals surface area contributed by atoms with Gasteiger partial charge in [0, 0.05) is 34.6 Å². The van der Waals surface area contributed by atoms with Crippen LogP contribution in [0.2, 0.25) is 0 Å². The lowest BCUT2D eigenvalue weighted by atomic mass is 9.94. The van der Waals surface area contributed by atoms with E-state index in [0.29, 0.717) is 11.0 Å². The molecule has 1 aromatic carbocycles. The van der Waals surface area contributed by atoms with Gasteiger partial charge in [0.15, 0.2) is 0 Å². The second-order valence-electron chi connectivity index (χ2n) is 7.36. The van der Waals surface area contributed by atoms with Crippen LogP contribution in [0.3, 0.4) is 0 Å². The van der Waals surface area contributed by atoms with Crippen molar-refractivity contribution in [3.63, 3.8) is 0 Å². The average molecular weight is 398 g/mol. The van der Waals surface area contributed by atoms with Gasteiger partial charge in [-0.3, -0.25) is 19.8 Å². The van der Waals surface area contributed by atoms with Crippen LogP contribution >= 0.6 is 15.9 Å². The molecular formula is C17H24BrN3O3. The van der Waals surface area contributed by atoms with E-state index in [-0.39, 0.29) is 28.0 Å². The fraction of sp³-hybridized carbons (Fsp3) is 0.588. The summed E-state index contributed by atoms with van der Waals surface area (Å²) in [5.74, 6) is 0.178. The lowest BCUT2D eigenvalue weighted by Crippen LogP contribution is -2.46. The molecule has 0 saturated carbocycles. The van der Waals surface area contributed by atoms with Crippen LogP contribution in [0.25, 0.3) is 0 Å². The molecule has 0 radical (unpaired) electrons. The number of piperidine rings is 1. The van der Waals surface area contributed by atoms with E-state index in [1.54, 1.807) is 6.07 Å². The van der Waals surface area contributed by atoms with E-state index >= 15 is 0 Å². The van der Waals surface area contributed by atoms with Crippen molar-refractivity contribution in [1.29, 1.82) is 0 Å². The summed E-state index contributed by atoms with van der Waals surface area (Å²) in [6.45, 7) is 8.26. The molecule has 0 spiro atoms. The molecule has 1 saturated heterocycles. The van der Waals surface area contributed by atoms with Crippen molar-refractivity contribution in [2.75, 3.05) is 13.1 Å². The number of carbonyl (C=O) groups is 1. The lowest BCUT2D eigenvalue weighted by Gasteiger charge is -2.33. The number of nitrogens with one attached hydrogen (secondary N) is 1. The SMILES string of the molecule is CC(C)(C)NC(=O)C1CCN(Cc2cc(Br)cc([N+](=O)[O-])c2)CC1. The average Bonchev–Trinajstić information content (AvgIpc) is 2.45. The zero-order chi connectivity index (χ0) is 17.9. The smallest absolute Gasteiger partial charge is 0.270 e. The Morgan fingerprint density at radius 2 is 1.96 bits per heavy atom. The van der Waals surface area contributed by atoms with Crippen LogP contribution in [-0.2, 0) is 11.3 Å². The van der Waals surface area contributed by atoms with E-state index in [2.05, 4.69) is 26.1 Å². The molecule has 132 valence electrons. The minimum atomic E-state index is -0.378. The molecule has 0 aliphatic carbocycles. The Morgan fingerprint density at radius 1 is 1.33 bits per heavy atom. The van der Waals surface area contributed by atoms with Crippen LogP contribution in [0, 0.1) is 16.0 Å². The van der Waals surface area contributed by atoms with E-state index in [4.69, 9.17) is 0 Å². The van der Waals surface area contributed by atoms with Crippen molar-refractivity contribution < 1.29 is 9.72 Å². The first-order chi connectivity index (χ1) is 11.1. The van der Waals surface area contributed by atoms with Crippen LogP contribution in [0.1, 0.15) is 39.2 Å². The number of hydrogen-bond donors (Lipinski definition) is 1. The van der Waals surface area contributed by atoms with Gasteiger partial charge in [-0.05, 0) is 58.3 Å². The summed E-state index contributed by atoms with van der Waals surface area (Å²) in [5.41, 5.74) is 0.802. The van der Waals surface area contributed by atoms with Crippen molar-refractivity contribution in [1.82, 2.24) is 10.2 Å². The first-order valence-electron chi connectivity index (χ1n) is 8.12. The van der Waals surface area contributed by atoms with Crippen LogP contribution in [0.15, 0.2) is 22.7 Å². The van der Waals surface area contributed by atoms with E-state index in [9.17, 15) is 14.9 Å². The molecule has 24 heavy (non-hydrogen) atoms. The summed E-state index contributed by atoms with van der Waals surface area (Å²) < 4.78 is 0.714. The highest BCUT2D eigenvalue weighted by Gasteiger charge is 2.27. The Kier molecular flexibility index (Phi) is 5.98. The highest BCUT2D eigenvalue weighted by molar-refractivity contribution is 9.10. The molecule has 1 aromatic rings. The van der Waals surface area contributed by atoms with Crippen LogP contribution in [0.4, 0.5) is 5.69 Å². The Hall–Kier alpha value is -1.47. The monoisotopic (exact) mass is 397 g/mol. The van der Waals surface area contributed by atoms with Gasteiger partial charge in [0.1, 0.15) is 0 Å². The molecule has 1 amide bonds. The molecule has 0 unspecified atom stereocenters. The predicted molar refractivity (Wildman–Crippen MR) is 96.7 cm³/mol. The van der Waals surface area contributed by atoms with E-state index in [1.165, 1.54) is 6.07 Å². The summed E-state index contributed by atoms with van der Waals surface area (Å²) in [7, 11) is 0. The number of likely N-dealkylation sites (tertiary alicyclic amines) is 1. The fourth-order valence-electron chi connectivity index (χ4n) is 2.91. The first-order valence-corrected chi connectivity index (χ1v) is 8.91. The van der Waals surface area contributed by atoms with Crippen molar-refractivity contribution in [3.8, 4) is 0 Å². The summed E-state index contributed by atoms with van der Waals surface area (Å²) >= 11 is 3.33. The number of nitro groups is 1. The van der Waals surface area contributed by atoms with Gasteiger partial charge in [-0.15, -0.1) is 0 Å². The third-order valence-corrected chi connectivity index (χ3v) is 4.47. The molecule has 1 aliphatic heterocycles. The molecular weight excluding hydrogens is 374 g/mol. The predicted octanol–water partition coefficient (Wildman–Crippen LogP) is 3.48. The largest absolute Gasteiger partial charge is 0.351 e. The Balaban J connectivity index is 1.92. The Morgan fingerprint density at radius 3 is 2.50 bits per heavy atom. The fourth-order valence-corrected chi connectivity index (χ4v) is 3.44. The number of nitrogens with zero attached hydrogens (tertiary/aromatic N) is 2. The zero-order valence-corrected chi connectivity index (χ0v) is 15.9. The number of non-ortho nitro benzene ring substituents is 1. The molecule has 0 aromatic heterocycles. The maximum Gasteiger partial charge on any atom is 0.270 e. The van der Waals surface area contributed by atoms with Gasteiger partial charge in [0.05, 0.1) is 4.92 Å². The normalized spacial score (nSPS) is 16.8. The molecule has 0 atom stereocenters. The molecule has 1 N–H and O–H groups in total. The number of halogens is 1. The number of carbonyl (C=O) groups excluding carboxylic acids is 1. The summed E-state index contributed by atoms with van der Waals surface area (Å²) in [6, 6.07) is 5.03. The van der Waals surface area contributed by atoms with E-state index < -0.39 is 0 Å². The minimum absolute atomic E-state index is 0.0531. The maximum atomic E-state index is 12.2. The Bertz CT molecular complexity index is 620. The number of rotatable bonds is 4. The van der Waals surface area contributed by atoms with Crippen LogP contribution in [-0.4, -0.2) is 34.4 Å². The molecule has 7 heteroatoms. The molecule has 6 nitrogen and oxygen atoms in total.